The zero-order valence-corrected chi connectivity index (χ0v) is 22.6. The van der Waals surface area contributed by atoms with E-state index in [0.717, 1.165) is 6.07 Å². The van der Waals surface area contributed by atoms with Gasteiger partial charge in [-0.3, -0.25) is 25.0 Å². The summed E-state index contributed by atoms with van der Waals surface area (Å²) < 4.78 is 53.4. The van der Waals surface area contributed by atoms with E-state index in [4.69, 9.17) is 11.6 Å². The summed E-state index contributed by atoms with van der Waals surface area (Å²) in [5, 5.41) is 34.0. The number of carboxylic acid groups (broad SMARTS) is 1. The predicted molar refractivity (Wildman–Crippen MR) is 141 cm³/mol. The summed E-state index contributed by atoms with van der Waals surface area (Å²) >= 11 is 5.95. The van der Waals surface area contributed by atoms with Crippen molar-refractivity contribution < 1.29 is 36.6 Å². The van der Waals surface area contributed by atoms with E-state index >= 15 is 0 Å². The maximum atomic E-state index is 13.5. The van der Waals surface area contributed by atoms with Gasteiger partial charge in [0.2, 0.25) is 0 Å². The molecule has 0 radical (unpaired) electrons. The smallest absolute Gasteiger partial charge is 0.322 e. The third-order valence-electron chi connectivity index (χ3n) is 5.88. The first kappa shape index (κ1) is 29.9. The molecular formula is C23H22ClN3O10S2. The van der Waals surface area contributed by atoms with Crippen molar-refractivity contribution in [3.8, 4) is 0 Å². The molecule has 0 saturated carbocycles. The molecule has 1 atom stereocenters. The number of halogens is 1. The van der Waals surface area contributed by atoms with Gasteiger partial charge < -0.3 is 5.11 Å². The molecule has 0 heterocycles. The second-order valence-corrected chi connectivity index (χ2v) is 12.8. The van der Waals surface area contributed by atoms with Crippen LogP contribution in [0.2, 0.25) is 5.02 Å². The Morgan fingerprint density at radius 1 is 0.974 bits per heavy atom. The van der Waals surface area contributed by atoms with E-state index in [-0.39, 0.29) is 17.7 Å². The predicted octanol–water partition coefficient (Wildman–Crippen LogP) is 4.03. The van der Waals surface area contributed by atoms with E-state index in [1.165, 1.54) is 19.1 Å². The second-order valence-electron chi connectivity index (χ2n) is 8.37. The molecule has 1 unspecified atom stereocenters. The molecule has 0 amide bonds. The van der Waals surface area contributed by atoms with Crippen molar-refractivity contribution in [2.24, 2.45) is 0 Å². The van der Waals surface area contributed by atoms with Gasteiger partial charge >= 0.3 is 5.97 Å². The highest BCUT2D eigenvalue weighted by molar-refractivity contribution is 7.91. The average Bonchev–Trinajstić information content (AvgIpc) is 2.87. The number of hydrogen-bond acceptors (Lipinski definition) is 9. The third kappa shape index (κ3) is 6.50. The summed E-state index contributed by atoms with van der Waals surface area (Å²) in [5.74, 6) is -2.11. The van der Waals surface area contributed by atoms with Crippen LogP contribution in [0.25, 0.3) is 10.8 Å². The van der Waals surface area contributed by atoms with Gasteiger partial charge in [0.05, 0.1) is 26.6 Å². The summed E-state index contributed by atoms with van der Waals surface area (Å²) in [5.41, 5.74) is -1.85. The lowest BCUT2D eigenvalue weighted by molar-refractivity contribution is -0.396. The number of fused-ring (bicyclic) bond motifs is 1. The molecule has 208 valence electrons. The van der Waals surface area contributed by atoms with Crippen LogP contribution < -0.4 is 0 Å². The first-order chi connectivity index (χ1) is 18.2. The lowest BCUT2D eigenvalue weighted by atomic mass is 10.1. The van der Waals surface area contributed by atoms with Crippen molar-refractivity contribution in [2.45, 2.75) is 35.6 Å². The molecule has 39 heavy (non-hydrogen) atoms. The molecule has 0 aliphatic carbocycles. The molecule has 0 bridgehead atoms. The molecular weight excluding hydrogens is 578 g/mol. The highest BCUT2D eigenvalue weighted by Crippen LogP contribution is 2.32. The molecule has 0 aliphatic heterocycles. The van der Waals surface area contributed by atoms with E-state index in [9.17, 15) is 47.0 Å². The normalized spacial score (nSPS) is 12.9. The molecule has 0 aliphatic rings. The van der Waals surface area contributed by atoms with Gasteiger partial charge in [-0.1, -0.05) is 30.7 Å². The number of rotatable bonds is 12. The van der Waals surface area contributed by atoms with E-state index in [1.54, 1.807) is 24.3 Å². The monoisotopic (exact) mass is 599 g/mol. The molecule has 0 spiro atoms. The Bertz CT molecular complexity index is 1680. The van der Waals surface area contributed by atoms with Crippen LogP contribution in [-0.4, -0.2) is 60.4 Å². The van der Waals surface area contributed by atoms with Crippen LogP contribution in [0.1, 0.15) is 19.8 Å². The molecule has 3 aromatic carbocycles. The maximum Gasteiger partial charge on any atom is 0.322 e. The number of sulfonamides is 1. The van der Waals surface area contributed by atoms with E-state index in [1.807, 2.05) is 0 Å². The Morgan fingerprint density at radius 3 is 2.21 bits per heavy atom. The van der Waals surface area contributed by atoms with Crippen molar-refractivity contribution in [3.05, 3.63) is 79.8 Å². The number of sulfone groups is 1. The largest absolute Gasteiger partial charge is 0.480 e. The summed E-state index contributed by atoms with van der Waals surface area (Å²) in [6, 6.07) is 9.44. The Kier molecular flexibility index (Phi) is 8.90. The van der Waals surface area contributed by atoms with Gasteiger partial charge in [-0.25, -0.2) is 16.8 Å². The zero-order chi connectivity index (χ0) is 29.1. The van der Waals surface area contributed by atoms with Gasteiger partial charge in [0.15, 0.2) is 14.7 Å². The quantitative estimate of drug-likeness (QED) is 0.234. The average molecular weight is 600 g/mol. The van der Waals surface area contributed by atoms with Crippen LogP contribution in [0.3, 0.4) is 0 Å². The van der Waals surface area contributed by atoms with Crippen molar-refractivity contribution >= 4 is 59.6 Å². The van der Waals surface area contributed by atoms with Gasteiger partial charge in [0.25, 0.3) is 21.4 Å². The number of nitro groups is 2. The van der Waals surface area contributed by atoms with Crippen LogP contribution >= 0.6 is 11.6 Å². The topological polar surface area (TPSA) is 195 Å². The molecule has 3 rings (SSSR count). The summed E-state index contributed by atoms with van der Waals surface area (Å²) in [4.78, 5) is 31.4. The minimum atomic E-state index is -4.91. The Hall–Kier alpha value is -3.66. The fourth-order valence-electron chi connectivity index (χ4n) is 3.97. The summed E-state index contributed by atoms with van der Waals surface area (Å²) in [6.07, 6.45) is -0.583. The number of aliphatic carboxylic acids is 1. The number of hydrogen-bond donors (Lipinski definition) is 1. The number of nitro benzene ring substituents is 2. The van der Waals surface area contributed by atoms with Gasteiger partial charge in [-0.05, 0) is 53.9 Å². The fraction of sp³-hybridized carbons (Fsp3) is 0.261. The third-order valence-corrected chi connectivity index (χ3v) is 9.87. The van der Waals surface area contributed by atoms with Gasteiger partial charge in [-0.2, -0.15) is 4.31 Å². The van der Waals surface area contributed by atoms with Crippen molar-refractivity contribution in [3.63, 3.8) is 0 Å². The van der Waals surface area contributed by atoms with Crippen LogP contribution in [0.4, 0.5) is 11.4 Å². The zero-order valence-electron chi connectivity index (χ0n) is 20.3. The van der Waals surface area contributed by atoms with Crippen LogP contribution in [-0.2, 0) is 24.7 Å². The number of nitrogens with zero attached hydrogens (tertiary/aromatic N) is 3. The summed E-state index contributed by atoms with van der Waals surface area (Å²) in [7, 11) is -8.85. The van der Waals surface area contributed by atoms with Gasteiger partial charge in [0, 0.05) is 17.6 Å². The van der Waals surface area contributed by atoms with Crippen molar-refractivity contribution in [1.82, 2.24) is 4.31 Å². The van der Waals surface area contributed by atoms with E-state index < -0.39 is 70.3 Å². The van der Waals surface area contributed by atoms with Crippen molar-refractivity contribution in [2.75, 3.05) is 12.3 Å². The molecule has 0 aromatic heterocycles. The molecule has 0 saturated heterocycles. The minimum Gasteiger partial charge on any atom is -0.480 e. The maximum absolute atomic E-state index is 13.5. The first-order valence-corrected chi connectivity index (χ1v) is 14.8. The Labute approximate surface area is 227 Å². The SMILES string of the molecule is CCC(C(=O)O)N(CCCS(=O)(=O)c1ccc2cc(Cl)ccc2c1)S(=O)(=O)c1ccc([N+](=O)[O-])cc1[N+](=O)[O-]. The molecule has 3 aromatic rings. The number of carboxylic acids is 1. The highest BCUT2D eigenvalue weighted by Gasteiger charge is 2.39. The number of carbonyl (C=O) groups is 1. The van der Waals surface area contributed by atoms with E-state index in [2.05, 4.69) is 0 Å². The van der Waals surface area contributed by atoms with Crippen LogP contribution in [0.15, 0.2) is 64.4 Å². The Balaban J connectivity index is 1.95. The molecule has 0 fully saturated rings. The summed E-state index contributed by atoms with van der Waals surface area (Å²) in [6.45, 7) is 0.771. The number of non-ortho nitro benzene ring substituents is 1. The standard InChI is InChI=1S/C23H22ClN3O10S2/c1-2-20(23(28)29)25(39(36,37)22-9-7-18(26(30)31)14-21(22)27(32)33)10-3-11-38(34,35)19-8-5-15-12-17(24)6-4-16(15)13-19/h4-9,12-14,20H,2-3,10-11H2,1H3,(H,28,29). The fourth-order valence-corrected chi connectivity index (χ4v) is 7.31. The van der Waals surface area contributed by atoms with E-state index in [0.29, 0.717) is 32.2 Å². The lowest BCUT2D eigenvalue weighted by Crippen LogP contribution is -2.45. The van der Waals surface area contributed by atoms with Crippen LogP contribution in [0.5, 0.6) is 0 Å². The lowest BCUT2D eigenvalue weighted by Gasteiger charge is -2.27. The second kappa shape index (κ2) is 11.6. The number of benzene rings is 3. The first-order valence-electron chi connectivity index (χ1n) is 11.3. The van der Waals surface area contributed by atoms with Gasteiger partial charge in [0.1, 0.15) is 6.04 Å². The van der Waals surface area contributed by atoms with Crippen LogP contribution in [0, 0.1) is 20.2 Å². The molecule has 13 nitrogen and oxygen atoms in total. The molecule has 16 heteroatoms. The van der Waals surface area contributed by atoms with Crippen molar-refractivity contribution in [1.29, 1.82) is 0 Å². The molecule has 1 N–H and O–H groups in total. The highest BCUT2D eigenvalue weighted by atomic mass is 35.5. The van der Waals surface area contributed by atoms with Gasteiger partial charge in [-0.15, -0.1) is 0 Å². The Morgan fingerprint density at radius 2 is 1.62 bits per heavy atom. The minimum absolute atomic E-state index is 0.0389.